The van der Waals surface area contributed by atoms with Crippen molar-refractivity contribution in [3.63, 3.8) is 0 Å². The number of alkyl halides is 5. The molecule has 0 amide bonds. The van der Waals surface area contributed by atoms with E-state index in [0.717, 1.165) is 0 Å². The van der Waals surface area contributed by atoms with Crippen LogP contribution in [0.3, 0.4) is 0 Å². The first-order valence-corrected chi connectivity index (χ1v) is 4.86. The van der Waals surface area contributed by atoms with Crippen molar-refractivity contribution in [2.24, 2.45) is 0 Å². The van der Waals surface area contributed by atoms with Gasteiger partial charge < -0.3 is 14.3 Å². The Morgan fingerprint density at radius 2 is 2.05 bits per heavy atom. The fraction of sp³-hybridized carbons (Fsp3) is 0.556. The van der Waals surface area contributed by atoms with Gasteiger partial charge in [-0.3, -0.25) is 0 Å². The fourth-order valence-corrected chi connectivity index (χ4v) is 1.13. The summed E-state index contributed by atoms with van der Waals surface area (Å²) < 4.78 is 68.7. The molecule has 19 heavy (non-hydrogen) atoms. The molecule has 0 atom stereocenters. The second kappa shape index (κ2) is 5.95. The lowest BCUT2D eigenvalue weighted by Crippen LogP contribution is -2.18. The predicted molar refractivity (Wildman–Crippen MR) is 49.0 cm³/mol. The van der Waals surface area contributed by atoms with Crippen LogP contribution < -0.4 is 0 Å². The van der Waals surface area contributed by atoms with Gasteiger partial charge in [0.2, 0.25) is 5.76 Å². The van der Waals surface area contributed by atoms with E-state index < -0.39 is 49.1 Å². The quantitative estimate of drug-likeness (QED) is 0.643. The zero-order valence-electron chi connectivity index (χ0n) is 9.21. The average Bonchev–Trinajstić information content (AvgIpc) is 2.67. The molecule has 0 saturated carbocycles. The van der Waals surface area contributed by atoms with Crippen molar-refractivity contribution in [3.05, 3.63) is 17.3 Å². The molecule has 10 heteroatoms. The van der Waals surface area contributed by atoms with E-state index in [0.29, 0.717) is 0 Å². The summed E-state index contributed by atoms with van der Waals surface area (Å²) in [5, 5.41) is 8.56. The topological polar surface area (TPSA) is 72.6 Å². The first kappa shape index (κ1) is 15.3. The third-order valence-corrected chi connectivity index (χ3v) is 1.82. The molecule has 0 saturated heterocycles. The lowest BCUT2D eigenvalue weighted by molar-refractivity contribution is -0.173. The summed E-state index contributed by atoms with van der Waals surface area (Å²) in [7, 11) is 0. The molecular formula is C9H8F5NO4. The molecule has 0 aliphatic carbocycles. The van der Waals surface area contributed by atoms with Crippen LogP contribution in [-0.4, -0.2) is 35.4 Å². The Morgan fingerprint density at radius 1 is 1.42 bits per heavy atom. The number of aromatic nitrogens is 1. The Bertz CT molecular complexity index is 442. The molecule has 0 bridgehead atoms. The van der Waals surface area contributed by atoms with E-state index in [1.165, 1.54) is 0 Å². The normalized spacial score (nSPS) is 12.1. The molecule has 0 radical (unpaired) electrons. The molecule has 1 N–H and O–H groups in total. The van der Waals surface area contributed by atoms with E-state index in [-0.39, 0.29) is 6.42 Å². The van der Waals surface area contributed by atoms with Crippen LogP contribution in [0.25, 0.3) is 0 Å². The lowest BCUT2D eigenvalue weighted by atomic mass is 10.3. The molecule has 0 aliphatic heterocycles. The second-order valence-electron chi connectivity index (χ2n) is 3.35. The summed E-state index contributed by atoms with van der Waals surface area (Å²) in [5.74, 6) is -3.18. The number of oxazole rings is 1. The molecule has 0 unspecified atom stereocenters. The maximum absolute atomic E-state index is 12.4. The van der Waals surface area contributed by atoms with Gasteiger partial charge in [-0.2, -0.15) is 13.2 Å². The summed E-state index contributed by atoms with van der Waals surface area (Å²) >= 11 is 0. The van der Waals surface area contributed by atoms with Crippen LogP contribution in [0.4, 0.5) is 22.0 Å². The average molecular weight is 289 g/mol. The Labute approximate surface area is 103 Å². The number of hydrogen-bond donors (Lipinski definition) is 1. The number of hydrogen-bond acceptors (Lipinski definition) is 4. The van der Waals surface area contributed by atoms with E-state index in [2.05, 4.69) is 14.1 Å². The van der Waals surface area contributed by atoms with Crippen LogP contribution in [0.2, 0.25) is 0 Å². The third-order valence-electron chi connectivity index (χ3n) is 1.82. The SMILES string of the molecule is O=C(O)c1oc(CCOCC(F)(F)F)nc1C(F)F. The maximum Gasteiger partial charge on any atom is 0.411 e. The Balaban J connectivity index is 2.60. The van der Waals surface area contributed by atoms with Crippen LogP contribution in [0.1, 0.15) is 28.6 Å². The molecule has 0 aromatic carbocycles. The van der Waals surface area contributed by atoms with Crippen LogP contribution >= 0.6 is 0 Å². The van der Waals surface area contributed by atoms with Gasteiger partial charge in [-0.25, -0.2) is 18.6 Å². The minimum Gasteiger partial charge on any atom is -0.475 e. The van der Waals surface area contributed by atoms with Crippen LogP contribution in [-0.2, 0) is 11.2 Å². The maximum atomic E-state index is 12.4. The number of carbonyl (C=O) groups is 1. The molecule has 1 rings (SSSR count). The highest BCUT2D eigenvalue weighted by atomic mass is 19.4. The van der Waals surface area contributed by atoms with Gasteiger partial charge in [0.1, 0.15) is 6.61 Å². The molecular weight excluding hydrogens is 281 g/mol. The summed E-state index contributed by atoms with van der Waals surface area (Å²) in [6.45, 7) is -1.98. The van der Waals surface area contributed by atoms with Gasteiger partial charge in [-0.1, -0.05) is 0 Å². The molecule has 1 aromatic rings. The molecule has 5 nitrogen and oxygen atoms in total. The van der Waals surface area contributed by atoms with Gasteiger partial charge >= 0.3 is 12.1 Å². The number of carboxylic acids is 1. The molecule has 1 heterocycles. The zero-order valence-corrected chi connectivity index (χ0v) is 9.21. The summed E-state index contributed by atoms with van der Waals surface area (Å²) in [6, 6.07) is 0. The van der Waals surface area contributed by atoms with E-state index in [1.54, 1.807) is 0 Å². The van der Waals surface area contributed by atoms with E-state index in [9.17, 15) is 26.7 Å². The summed E-state index contributed by atoms with van der Waals surface area (Å²) in [4.78, 5) is 13.8. The predicted octanol–water partition coefficient (Wildman–Crippen LogP) is 2.43. The summed E-state index contributed by atoms with van der Waals surface area (Å²) in [6.07, 6.45) is -8.00. The number of aromatic carboxylic acids is 1. The van der Waals surface area contributed by atoms with Gasteiger partial charge in [-0.15, -0.1) is 0 Å². The molecule has 0 fully saturated rings. The fourth-order valence-electron chi connectivity index (χ4n) is 1.13. The number of ether oxygens (including phenoxy) is 1. The van der Waals surface area contributed by atoms with Crippen molar-refractivity contribution < 1.29 is 41.0 Å². The number of nitrogens with zero attached hydrogens (tertiary/aromatic N) is 1. The highest BCUT2D eigenvalue weighted by molar-refractivity contribution is 5.85. The molecule has 1 aromatic heterocycles. The molecule has 0 aliphatic rings. The van der Waals surface area contributed by atoms with Crippen LogP contribution in [0.5, 0.6) is 0 Å². The minimum absolute atomic E-state index is 0.344. The van der Waals surface area contributed by atoms with Gasteiger partial charge in [0.05, 0.1) is 6.61 Å². The highest BCUT2D eigenvalue weighted by Gasteiger charge is 2.28. The van der Waals surface area contributed by atoms with E-state index in [1.807, 2.05) is 0 Å². The zero-order chi connectivity index (χ0) is 14.6. The first-order chi connectivity index (χ1) is 8.70. The Morgan fingerprint density at radius 3 is 2.47 bits per heavy atom. The Kier molecular flexibility index (Phi) is 4.81. The number of carboxylic acid groups (broad SMARTS) is 1. The first-order valence-electron chi connectivity index (χ1n) is 4.86. The van der Waals surface area contributed by atoms with Gasteiger partial charge in [0.15, 0.2) is 11.6 Å². The minimum atomic E-state index is -4.50. The standard InChI is InChI=1S/C9H8F5NO4/c10-7(11)5-6(8(16)17)19-4(15-5)1-2-18-3-9(12,13)14/h7H,1-3H2,(H,16,17). The molecule has 108 valence electrons. The van der Waals surface area contributed by atoms with E-state index in [4.69, 9.17) is 5.11 Å². The van der Waals surface area contributed by atoms with Crippen molar-refractivity contribution in [2.45, 2.75) is 19.0 Å². The number of rotatable bonds is 6. The van der Waals surface area contributed by atoms with Crippen molar-refractivity contribution in [3.8, 4) is 0 Å². The van der Waals surface area contributed by atoms with Crippen molar-refractivity contribution >= 4 is 5.97 Å². The van der Waals surface area contributed by atoms with Crippen molar-refractivity contribution in [2.75, 3.05) is 13.2 Å². The van der Waals surface area contributed by atoms with Gasteiger partial charge in [-0.05, 0) is 0 Å². The van der Waals surface area contributed by atoms with Crippen LogP contribution in [0.15, 0.2) is 4.42 Å². The summed E-state index contributed by atoms with van der Waals surface area (Å²) in [5.41, 5.74) is -1.06. The molecule has 0 spiro atoms. The largest absolute Gasteiger partial charge is 0.475 e. The van der Waals surface area contributed by atoms with Gasteiger partial charge in [0.25, 0.3) is 6.43 Å². The van der Waals surface area contributed by atoms with Gasteiger partial charge in [0, 0.05) is 6.42 Å². The van der Waals surface area contributed by atoms with Crippen molar-refractivity contribution in [1.29, 1.82) is 0 Å². The third kappa shape index (κ3) is 4.81. The lowest BCUT2D eigenvalue weighted by Gasteiger charge is -2.05. The van der Waals surface area contributed by atoms with Crippen LogP contribution in [0, 0.1) is 0 Å². The monoisotopic (exact) mass is 289 g/mol. The highest BCUT2D eigenvalue weighted by Crippen LogP contribution is 2.23. The number of halogens is 5. The van der Waals surface area contributed by atoms with E-state index >= 15 is 0 Å². The van der Waals surface area contributed by atoms with Crippen molar-refractivity contribution in [1.82, 2.24) is 4.98 Å². The smallest absolute Gasteiger partial charge is 0.411 e. The second-order valence-corrected chi connectivity index (χ2v) is 3.35. The Hall–Kier alpha value is -1.71.